The first-order valence-electron chi connectivity index (χ1n) is 13.8. The van der Waals surface area contributed by atoms with Crippen LogP contribution in [0.2, 0.25) is 0 Å². The molecule has 0 unspecified atom stereocenters. The topological polar surface area (TPSA) is 40.6 Å². The standard InChI is InChI=1S/C30H40N2O2S2/c1-5-9-13-21(7-3)19-31-27(23-15-11-17-35-23)25-26(29(31)33)28(24-16-12-18-36-24)32(30(25)34)20-22(8-4)14-10-6-2/h11-12,15-18,21-22H,5-10,13-14,19-20H2,1-4H3/t21-,22+. The predicted octanol–water partition coefficient (Wildman–Crippen LogP) is 8.05. The van der Waals surface area contributed by atoms with E-state index < -0.39 is 0 Å². The average Bonchev–Trinajstić information content (AvgIpc) is 3.68. The van der Waals surface area contributed by atoms with Crippen molar-refractivity contribution in [2.75, 3.05) is 13.1 Å². The van der Waals surface area contributed by atoms with Crippen molar-refractivity contribution < 1.29 is 9.59 Å². The van der Waals surface area contributed by atoms with Gasteiger partial charge in [0.2, 0.25) is 0 Å². The van der Waals surface area contributed by atoms with Gasteiger partial charge in [-0.05, 0) is 47.6 Å². The van der Waals surface area contributed by atoms with Gasteiger partial charge in [0.15, 0.2) is 0 Å². The fraction of sp³-hybridized carbons (Fsp3) is 0.533. The Labute approximate surface area is 224 Å². The molecule has 2 aromatic heterocycles. The summed E-state index contributed by atoms with van der Waals surface area (Å²) in [7, 11) is 0. The highest BCUT2D eigenvalue weighted by atomic mass is 32.1. The summed E-state index contributed by atoms with van der Waals surface area (Å²) < 4.78 is 0. The zero-order chi connectivity index (χ0) is 25.7. The maximum atomic E-state index is 14.2. The van der Waals surface area contributed by atoms with Gasteiger partial charge < -0.3 is 9.80 Å². The highest BCUT2D eigenvalue weighted by molar-refractivity contribution is 7.11. The van der Waals surface area contributed by atoms with Gasteiger partial charge >= 0.3 is 0 Å². The van der Waals surface area contributed by atoms with E-state index in [9.17, 15) is 9.59 Å². The van der Waals surface area contributed by atoms with Crippen molar-refractivity contribution in [2.24, 2.45) is 11.8 Å². The number of nitrogens with zero attached hydrogens (tertiary/aromatic N) is 2. The Bertz CT molecular complexity index is 1010. The van der Waals surface area contributed by atoms with E-state index in [4.69, 9.17) is 0 Å². The molecule has 0 aromatic carbocycles. The minimum Gasteiger partial charge on any atom is -0.306 e. The third-order valence-electron chi connectivity index (χ3n) is 7.66. The maximum absolute atomic E-state index is 14.2. The number of carbonyl (C=O) groups excluding carboxylic acids is 2. The van der Waals surface area contributed by atoms with E-state index in [0.717, 1.165) is 72.5 Å². The molecule has 4 nitrogen and oxygen atoms in total. The molecule has 0 saturated heterocycles. The van der Waals surface area contributed by atoms with Crippen molar-refractivity contribution >= 4 is 45.9 Å². The molecule has 6 heteroatoms. The fourth-order valence-corrected chi connectivity index (χ4v) is 7.00. The smallest absolute Gasteiger partial charge is 0.261 e. The monoisotopic (exact) mass is 524 g/mol. The molecule has 2 aliphatic rings. The number of hydrogen-bond donors (Lipinski definition) is 0. The Morgan fingerprint density at radius 1 is 0.694 bits per heavy atom. The number of unbranched alkanes of at least 4 members (excludes halogenated alkanes) is 2. The highest BCUT2D eigenvalue weighted by Gasteiger charge is 2.49. The van der Waals surface area contributed by atoms with Crippen molar-refractivity contribution in [1.82, 2.24) is 9.80 Å². The van der Waals surface area contributed by atoms with Gasteiger partial charge in [0.25, 0.3) is 11.8 Å². The van der Waals surface area contributed by atoms with Crippen molar-refractivity contribution in [3.8, 4) is 0 Å². The molecule has 0 fully saturated rings. The lowest BCUT2D eigenvalue weighted by Gasteiger charge is -2.29. The van der Waals surface area contributed by atoms with Gasteiger partial charge in [-0.2, -0.15) is 0 Å². The van der Waals surface area contributed by atoms with Crippen molar-refractivity contribution in [1.29, 1.82) is 0 Å². The molecule has 0 aliphatic carbocycles. The summed E-state index contributed by atoms with van der Waals surface area (Å²) in [5.74, 6) is 0.867. The highest BCUT2D eigenvalue weighted by Crippen LogP contribution is 2.48. The van der Waals surface area contributed by atoms with Crippen LogP contribution >= 0.6 is 22.7 Å². The average molecular weight is 525 g/mol. The normalized spacial score (nSPS) is 17.6. The summed E-state index contributed by atoms with van der Waals surface area (Å²) in [5.41, 5.74) is 2.93. The second-order valence-electron chi connectivity index (χ2n) is 10.1. The Morgan fingerprint density at radius 2 is 1.11 bits per heavy atom. The lowest BCUT2D eigenvalue weighted by atomic mass is 9.98. The lowest BCUT2D eigenvalue weighted by molar-refractivity contribution is -0.124. The Morgan fingerprint density at radius 3 is 1.42 bits per heavy atom. The maximum Gasteiger partial charge on any atom is 0.261 e. The zero-order valence-corrected chi connectivity index (χ0v) is 23.9. The number of amides is 2. The van der Waals surface area contributed by atoms with Gasteiger partial charge in [-0.1, -0.05) is 78.4 Å². The van der Waals surface area contributed by atoms with E-state index in [-0.39, 0.29) is 11.8 Å². The van der Waals surface area contributed by atoms with E-state index in [1.165, 1.54) is 0 Å². The molecule has 4 rings (SSSR count). The Balaban J connectivity index is 1.81. The van der Waals surface area contributed by atoms with Gasteiger partial charge in [-0.25, -0.2) is 0 Å². The predicted molar refractivity (Wildman–Crippen MR) is 153 cm³/mol. The zero-order valence-electron chi connectivity index (χ0n) is 22.2. The van der Waals surface area contributed by atoms with E-state index >= 15 is 0 Å². The van der Waals surface area contributed by atoms with E-state index in [0.29, 0.717) is 36.1 Å². The van der Waals surface area contributed by atoms with Crippen LogP contribution in [0.5, 0.6) is 0 Å². The molecular weight excluding hydrogens is 484 g/mol. The summed E-state index contributed by atoms with van der Waals surface area (Å²) in [6.07, 6.45) is 8.91. The number of fused-ring (bicyclic) bond motifs is 1. The molecule has 194 valence electrons. The molecule has 0 saturated carbocycles. The summed E-state index contributed by atoms with van der Waals surface area (Å²) in [4.78, 5) is 34.3. The van der Waals surface area contributed by atoms with Crippen molar-refractivity contribution in [3.63, 3.8) is 0 Å². The molecule has 4 heterocycles. The minimum absolute atomic E-state index is 0.00389. The molecule has 0 bridgehead atoms. The van der Waals surface area contributed by atoms with Gasteiger partial charge in [0, 0.05) is 13.1 Å². The first kappa shape index (κ1) is 26.9. The van der Waals surface area contributed by atoms with E-state index in [1.807, 2.05) is 32.7 Å². The van der Waals surface area contributed by atoms with Crippen LogP contribution in [0.25, 0.3) is 11.4 Å². The Kier molecular flexibility index (Phi) is 9.24. The minimum atomic E-state index is 0.00389. The third-order valence-corrected chi connectivity index (χ3v) is 9.41. The molecule has 0 N–H and O–H groups in total. The van der Waals surface area contributed by atoms with Crippen LogP contribution in [0.1, 0.15) is 88.8 Å². The summed E-state index contributed by atoms with van der Waals surface area (Å²) in [6, 6.07) is 8.14. The SMILES string of the molecule is CCCC[C@@H](CC)CN1C(=O)C2=C(c3cccs3)N(C[C@@H](CC)CCCC)C(=O)C2=C1c1cccs1. The van der Waals surface area contributed by atoms with Crippen LogP contribution < -0.4 is 0 Å². The van der Waals surface area contributed by atoms with Crippen LogP contribution in [0.3, 0.4) is 0 Å². The number of carbonyl (C=O) groups is 2. The summed E-state index contributed by atoms with van der Waals surface area (Å²) >= 11 is 3.23. The molecular formula is C30H40N2O2S2. The first-order chi connectivity index (χ1) is 17.5. The quantitative estimate of drug-likeness (QED) is 0.251. The van der Waals surface area contributed by atoms with Gasteiger partial charge in [-0.3, -0.25) is 9.59 Å². The van der Waals surface area contributed by atoms with Gasteiger partial charge in [0.05, 0.1) is 32.3 Å². The van der Waals surface area contributed by atoms with Gasteiger partial charge in [0.1, 0.15) is 0 Å². The number of hydrogen-bond acceptors (Lipinski definition) is 4. The first-order valence-corrected chi connectivity index (χ1v) is 15.5. The van der Waals surface area contributed by atoms with Crippen molar-refractivity contribution in [3.05, 3.63) is 55.9 Å². The molecule has 2 aliphatic heterocycles. The second kappa shape index (κ2) is 12.4. The number of thiophene rings is 2. The molecule has 2 amide bonds. The molecule has 36 heavy (non-hydrogen) atoms. The lowest BCUT2D eigenvalue weighted by Crippen LogP contribution is -2.34. The molecule has 2 aromatic rings. The van der Waals surface area contributed by atoms with Crippen LogP contribution in [0.4, 0.5) is 0 Å². The summed E-state index contributed by atoms with van der Waals surface area (Å²) in [6.45, 7) is 10.2. The summed E-state index contributed by atoms with van der Waals surface area (Å²) in [5, 5.41) is 4.08. The Hall–Kier alpha value is -2.18. The van der Waals surface area contributed by atoms with Crippen LogP contribution in [0.15, 0.2) is 46.2 Å². The van der Waals surface area contributed by atoms with E-state index in [2.05, 4.69) is 39.8 Å². The second-order valence-corrected chi connectivity index (χ2v) is 12.0. The molecule has 0 radical (unpaired) electrons. The van der Waals surface area contributed by atoms with Gasteiger partial charge in [-0.15, -0.1) is 22.7 Å². The fourth-order valence-electron chi connectivity index (χ4n) is 5.43. The molecule has 0 spiro atoms. The number of rotatable bonds is 14. The molecule has 2 atom stereocenters. The van der Waals surface area contributed by atoms with Crippen molar-refractivity contribution in [2.45, 2.75) is 79.1 Å². The largest absolute Gasteiger partial charge is 0.306 e. The van der Waals surface area contributed by atoms with Crippen LogP contribution in [-0.4, -0.2) is 34.7 Å². The van der Waals surface area contributed by atoms with E-state index in [1.54, 1.807) is 22.7 Å². The van der Waals surface area contributed by atoms with Crippen LogP contribution in [0, 0.1) is 11.8 Å². The van der Waals surface area contributed by atoms with Crippen LogP contribution in [-0.2, 0) is 9.59 Å². The third kappa shape index (κ3) is 5.26.